The molecule has 1 aromatic heterocycles. The van der Waals surface area contributed by atoms with Gasteiger partial charge in [0, 0.05) is 56.3 Å². The summed E-state index contributed by atoms with van der Waals surface area (Å²) in [4.78, 5) is 6.88. The van der Waals surface area contributed by atoms with Crippen molar-refractivity contribution in [1.82, 2.24) is 20.0 Å². The molecule has 238 valence electrons. The van der Waals surface area contributed by atoms with Gasteiger partial charge in [-0.05, 0) is 74.1 Å². The van der Waals surface area contributed by atoms with Crippen molar-refractivity contribution in [2.45, 2.75) is 19.4 Å². The lowest BCUT2D eigenvalue weighted by atomic mass is 10.1. The summed E-state index contributed by atoms with van der Waals surface area (Å²) in [5.41, 5.74) is 4.48. The van der Waals surface area contributed by atoms with Crippen LogP contribution in [0.3, 0.4) is 0 Å². The van der Waals surface area contributed by atoms with Gasteiger partial charge in [0.2, 0.25) is 0 Å². The molecule has 8 nitrogen and oxygen atoms in total. The Bertz CT molecular complexity index is 1520. The maximum absolute atomic E-state index is 10.0. The Balaban J connectivity index is 1.24. The SMILES string of the molecule is CN(C)CCCOc1ccc(CN2CCN(c3cc(-c4cc(Cl)c(O)c(Cl)c4)nnc3OCCc3ccc(Cl)cc3)CC2)cc1. The van der Waals surface area contributed by atoms with Crippen molar-refractivity contribution in [3.8, 4) is 28.6 Å². The van der Waals surface area contributed by atoms with Crippen molar-refractivity contribution in [2.24, 2.45) is 0 Å². The van der Waals surface area contributed by atoms with Gasteiger partial charge < -0.3 is 24.4 Å². The number of phenols is 1. The second kappa shape index (κ2) is 15.8. The molecule has 0 unspecified atom stereocenters. The van der Waals surface area contributed by atoms with E-state index in [2.05, 4.69) is 63.3 Å². The van der Waals surface area contributed by atoms with Gasteiger partial charge in [-0.15, -0.1) is 10.2 Å². The van der Waals surface area contributed by atoms with Crippen LogP contribution in [0.1, 0.15) is 17.5 Å². The number of halogens is 3. The highest BCUT2D eigenvalue weighted by Gasteiger charge is 2.23. The number of ether oxygens (including phenoxy) is 2. The number of phenolic OH excluding ortho intramolecular Hbond substituents is 1. The van der Waals surface area contributed by atoms with Crippen LogP contribution in [-0.2, 0) is 13.0 Å². The van der Waals surface area contributed by atoms with Gasteiger partial charge >= 0.3 is 0 Å². The quantitative estimate of drug-likeness (QED) is 0.151. The van der Waals surface area contributed by atoms with Crippen molar-refractivity contribution in [1.29, 1.82) is 0 Å². The molecule has 0 atom stereocenters. The van der Waals surface area contributed by atoms with Crippen LogP contribution in [0.15, 0.2) is 66.7 Å². The number of hydrogen-bond acceptors (Lipinski definition) is 8. The van der Waals surface area contributed by atoms with Crippen molar-refractivity contribution in [3.63, 3.8) is 0 Å². The second-order valence-electron chi connectivity index (χ2n) is 11.3. The average molecular weight is 671 g/mol. The van der Waals surface area contributed by atoms with Crippen LogP contribution < -0.4 is 14.4 Å². The topological polar surface area (TPSA) is 74.2 Å². The first-order valence-electron chi connectivity index (χ1n) is 15.0. The molecule has 1 aliphatic rings. The highest BCUT2D eigenvalue weighted by atomic mass is 35.5. The van der Waals surface area contributed by atoms with E-state index in [1.165, 1.54) is 5.56 Å². The van der Waals surface area contributed by atoms with E-state index in [1.54, 1.807) is 12.1 Å². The zero-order valence-corrected chi connectivity index (χ0v) is 27.8. The molecule has 11 heteroatoms. The Morgan fingerprint density at radius 3 is 2.13 bits per heavy atom. The summed E-state index contributed by atoms with van der Waals surface area (Å²) in [6.45, 7) is 6.37. The number of benzene rings is 3. The molecule has 0 bridgehead atoms. The average Bonchev–Trinajstić information content (AvgIpc) is 3.04. The molecule has 1 N–H and O–H groups in total. The van der Waals surface area contributed by atoms with Crippen LogP contribution in [-0.4, -0.2) is 85.1 Å². The summed E-state index contributed by atoms with van der Waals surface area (Å²) in [5.74, 6) is 1.22. The third-order valence-electron chi connectivity index (χ3n) is 7.66. The predicted octanol–water partition coefficient (Wildman–Crippen LogP) is 7.08. The highest BCUT2D eigenvalue weighted by molar-refractivity contribution is 6.37. The number of piperazine rings is 1. The van der Waals surface area contributed by atoms with Crippen LogP contribution in [0.25, 0.3) is 11.3 Å². The summed E-state index contributed by atoms with van der Waals surface area (Å²) in [6.07, 6.45) is 1.70. The summed E-state index contributed by atoms with van der Waals surface area (Å²) in [6, 6.07) is 21.4. The Morgan fingerprint density at radius 2 is 1.47 bits per heavy atom. The fraction of sp³-hybridized carbons (Fsp3) is 0.353. The van der Waals surface area contributed by atoms with Crippen LogP contribution >= 0.6 is 34.8 Å². The van der Waals surface area contributed by atoms with E-state index < -0.39 is 0 Å². The van der Waals surface area contributed by atoms with Gasteiger partial charge in [-0.3, -0.25) is 4.90 Å². The zero-order valence-electron chi connectivity index (χ0n) is 25.6. The van der Waals surface area contributed by atoms with Gasteiger partial charge in [0.05, 0.1) is 29.0 Å². The number of anilines is 1. The summed E-state index contributed by atoms with van der Waals surface area (Å²) in [7, 11) is 4.14. The second-order valence-corrected chi connectivity index (χ2v) is 12.6. The van der Waals surface area contributed by atoms with E-state index in [9.17, 15) is 5.11 Å². The molecule has 3 aromatic carbocycles. The Morgan fingerprint density at radius 1 is 0.800 bits per heavy atom. The summed E-state index contributed by atoms with van der Waals surface area (Å²) >= 11 is 18.5. The lowest BCUT2D eigenvalue weighted by Gasteiger charge is -2.36. The van der Waals surface area contributed by atoms with E-state index in [0.29, 0.717) is 41.8 Å². The summed E-state index contributed by atoms with van der Waals surface area (Å²) < 4.78 is 12.1. The minimum absolute atomic E-state index is 0.154. The molecule has 1 aliphatic heterocycles. The maximum Gasteiger partial charge on any atom is 0.257 e. The smallest absolute Gasteiger partial charge is 0.257 e. The maximum atomic E-state index is 10.0. The van der Waals surface area contributed by atoms with E-state index in [-0.39, 0.29) is 15.8 Å². The molecule has 0 saturated carbocycles. The summed E-state index contributed by atoms with van der Waals surface area (Å²) in [5, 5.41) is 20.0. The predicted molar refractivity (Wildman–Crippen MR) is 182 cm³/mol. The first kappa shape index (κ1) is 33.1. The molecule has 0 radical (unpaired) electrons. The molecule has 2 heterocycles. The van der Waals surface area contributed by atoms with Crippen LogP contribution in [0.2, 0.25) is 15.1 Å². The van der Waals surface area contributed by atoms with Crippen molar-refractivity contribution >= 4 is 40.5 Å². The number of aromatic nitrogens is 2. The van der Waals surface area contributed by atoms with Gasteiger partial charge in [0.1, 0.15) is 11.4 Å². The number of hydrogen-bond donors (Lipinski definition) is 1. The Labute approximate surface area is 280 Å². The molecular weight excluding hydrogens is 633 g/mol. The van der Waals surface area contributed by atoms with Gasteiger partial charge in [-0.1, -0.05) is 59.1 Å². The minimum Gasteiger partial charge on any atom is -0.505 e. The van der Waals surface area contributed by atoms with Crippen LogP contribution in [0, 0.1) is 0 Å². The van der Waals surface area contributed by atoms with Gasteiger partial charge in [-0.25, -0.2) is 0 Å². The molecule has 4 aromatic rings. The molecule has 1 saturated heterocycles. The lowest BCUT2D eigenvalue weighted by Crippen LogP contribution is -2.46. The lowest BCUT2D eigenvalue weighted by molar-refractivity contribution is 0.247. The Kier molecular flexibility index (Phi) is 11.6. The van der Waals surface area contributed by atoms with Gasteiger partial charge in [0.25, 0.3) is 5.88 Å². The number of rotatable bonds is 13. The normalized spacial score (nSPS) is 13.8. The van der Waals surface area contributed by atoms with Gasteiger partial charge in [-0.2, -0.15) is 0 Å². The van der Waals surface area contributed by atoms with E-state index in [0.717, 1.165) is 62.7 Å². The number of aromatic hydroxyl groups is 1. The van der Waals surface area contributed by atoms with Crippen LogP contribution in [0.4, 0.5) is 5.69 Å². The van der Waals surface area contributed by atoms with E-state index in [4.69, 9.17) is 44.3 Å². The minimum atomic E-state index is -0.157. The van der Waals surface area contributed by atoms with E-state index in [1.807, 2.05) is 30.3 Å². The first-order valence-corrected chi connectivity index (χ1v) is 16.2. The van der Waals surface area contributed by atoms with Gasteiger partial charge in [0.15, 0.2) is 5.75 Å². The number of nitrogens with zero attached hydrogens (tertiary/aromatic N) is 5. The molecule has 0 aliphatic carbocycles. The molecule has 0 amide bonds. The molecular formula is C34H38Cl3N5O3. The van der Waals surface area contributed by atoms with Crippen molar-refractivity contribution < 1.29 is 14.6 Å². The third kappa shape index (κ3) is 9.37. The van der Waals surface area contributed by atoms with Crippen molar-refractivity contribution in [2.75, 3.05) is 64.9 Å². The fourth-order valence-corrected chi connectivity index (χ4v) is 5.75. The largest absolute Gasteiger partial charge is 0.505 e. The fourth-order valence-electron chi connectivity index (χ4n) is 5.14. The van der Waals surface area contributed by atoms with Crippen LogP contribution in [0.5, 0.6) is 17.4 Å². The first-order chi connectivity index (χ1) is 21.7. The molecule has 0 spiro atoms. The third-order valence-corrected chi connectivity index (χ3v) is 8.49. The highest BCUT2D eigenvalue weighted by Crippen LogP contribution is 2.38. The Hall–Kier alpha value is -3.27. The molecule has 45 heavy (non-hydrogen) atoms. The standard InChI is InChI=1S/C34H38Cl3N5O3/c1-40(2)13-3-18-44-28-10-6-25(7-11-28)23-41-14-16-42(17-15-41)32-22-31(26-20-29(36)33(43)30(37)21-26)38-39-34(32)45-19-12-24-4-8-27(35)9-5-24/h4-11,20-22,43H,3,12-19,23H2,1-2H3. The monoisotopic (exact) mass is 669 g/mol. The van der Waals surface area contributed by atoms with Crippen molar-refractivity contribution in [3.05, 3.63) is 92.9 Å². The molecule has 5 rings (SSSR count). The zero-order chi connectivity index (χ0) is 31.8. The molecule has 1 fully saturated rings. The van der Waals surface area contributed by atoms with E-state index >= 15 is 0 Å².